The van der Waals surface area contributed by atoms with Crippen LogP contribution in [0.3, 0.4) is 0 Å². The van der Waals surface area contributed by atoms with E-state index in [0.717, 1.165) is 21.4 Å². The van der Waals surface area contributed by atoms with Gasteiger partial charge in [-0.05, 0) is 35.5 Å². The van der Waals surface area contributed by atoms with Gasteiger partial charge in [0.15, 0.2) is 12.3 Å². The van der Waals surface area contributed by atoms with Crippen molar-refractivity contribution in [1.29, 1.82) is 0 Å². The van der Waals surface area contributed by atoms with Gasteiger partial charge in [0.25, 0.3) is 0 Å². The highest BCUT2D eigenvalue weighted by molar-refractivity contribution is 7.10. The maximum atomic E-state index is 12.6. The minimum Gasteiger partial charge on any atom is -0.484 e. The summed E-state index contributed by atoms with van der Waals surface area (Å²) in [4.78, 5) is 13.6. The molecular weight excluding hydrogens is 422 g/mol. The Morgan fingerprint density at radius 3 is 2.47 bits per heavy atom. The number of carbonyl (C=O) groups is 1. The number of aliphatic hydroxyl groups is 1. The lowest BCUT2D eigenvalue weighted by molar-refractivity contribution is -0.162. The molecule has 0 aliphatic rings. The Bertz CT molecular complexity index is 1140. The Morgan fingerprint density at radius 2 is 1.72 bits per heavy atom. The van der Waals surface area contributed by atoms with E-state index in [1.807, 2.05) is 66.0 Å². The van der Waals surface area contributed by atoms with E-state index in [0.29, 0.717) is 12.0 Å². The molecule has 6 heteroatoms. The highest BCUT2D eigenvalue weighted by Crippen LogP contribution is 2.33. The molecule has 0 fully saturated rings. The van der Waals surface area contributed by atoms with Crippen molar-refractivity contribution in [2.24, 2.45) is 0 Å². The van der Waals surface area contributed by atoms with Gasteiger partial charge in [-0.25, -0.2) is 4.79 Å². The van der Waals surface area contributed by atoms with Crippen LogP contribution in [0, 0.1) is 0 Å². The SMILES string of the molecule is CNC(CC(Oc1cccc2ccccc12)c1cccs1)OC(=O)[C@H](O)c1ccccc1. The second kappa shape index (κ2) is 10.4. The molecule has 0 aliphatic heterocycles. The molecule has 1 heterocycles. The highest BCUT2D eigenvalue weighted by atomic mass is 32.1. The van der Waals surface area contributed by atoms with Crippen LogP contribution in [-0.2, 0) is 9.53 Å². The summed E-state index contributed by atoms with van der Waals surface area (Å²) in [5.74, 6) is 0.0673. The first-order chi connectivity index (χ1) is 15.7. The predicted octanol–water partition coefficient (Wildman–Crippen LogP) is 5.23. The number of ether oxygens (including phenoxy) is 2. The van der Waals surface area contributed by atoms with Crippen LogP contribution in [0.15, 0.2) is 90.3 Å². The number of rotatable bonds is 9. The number of nitrogens with one attached hydrogen (secondary N) is 1. The monoisotopic (exact) mass is 447 g/mol. The Balaban J connectivity index is 1.52. The zero-order valence-electron chi connectivity index (χ0n) is 17.7. The quantitative estimate of drug-likeness (QED) is 0.272. The van der Waals surface area contributed by atoms with Gasteiger partial charge in [0.2, 0.25) is 0 Å². The molecule has 0 radical (unpaired) electrons. The van der Waals surface area contributed by atoms with Crippen molar-refractivity contribution in [2.45, 2.75) is 24.9 Å². The first-order valence-corrected chi connectivity index (χ1v) is 11.3. The van der Waals surface area contributed by atoms with Gasteiger partial charge in [0.1, 0.15) is 11.9 Å². The Labute approximate surface area is 191 Å². The van der Waals surface area contributed by atoms with E-state index in [1.165, 1.54) is 0 Å². The minimum absolute atomic E-state index is 0.333. The van der Waals surface area contributed by atoms with Gasteiger partial charge in [0.05, 0.1) is 0 Å². The van der Waals surface area contributed by atoms with Crippen molar-refractivity contribution < 1.29 is 19.4 Å². The molecule has 0 spiro atoms. The summed E-state index contributed by atoms with van der Waals surface area (Å²) in [6.07, 6.45) is -1.93. The molecule has 4 rings (SSSR count). The van der Waals surface area contributed by atoms with Crippen LogP contribution in [0.25, 0.3) is 10.8 Å². The smallest absolute Gasteiger partial charge is 0.341 e. The number of esters is 1. The number of carbonyl (C=O) groups excluding carboxylic acids is 1. The van der Waals surface area contributed by atoms with Crippen LogP contribution < -0.4 is 10.1 Å². The second-order valence-electron chi connectivity index (χ2n) is 7.36. The van der Waals surface area contributed by atoms with Crippen LogP contribution >= 0.6 is 11.3 Å². The lowest BCUT2D eigenvalue weighted by Crippen LogP contribution is -2.35. The van der Waals surface area contributed by atoms with Gasteiger partial charge in [-0.2, -0.15) is 0 Å². The van der Waals surface area contributed by atoms with Crippen LogP contribution in [0.1, 0.15) is 29.1 Å². The second-order valence-corrected chi connectivity index (χ2v) is 8.34. The van der Waals surface area contributed by atoms with E-state index in [-0.39, 0.29) is 6.10 Å². The third-order valence-corrected chi connectivity index (χ3v) is 6.19. The largest absolute Gasteiger partial charge is 0.484 e. The van der Waals surface area contributed by atoms with Crippen LogP contribution in [0.2, 0.25) is 0 Å². The number of hydrogen-bond donors (Lipinski definition) is 2. The van der Waals surface area contributed by atoms with Crippen molar-refractivity contribution in [3.63, 3.8) is 0 Å². The van der Waals surface area contributed by atoms with Crippen molar-refractivity contribution in [3.05, 3.63) is 101 Å². The van der Waals surface area contributed by atoms with Gasteiger partial charge in [-0.1, -0.05) is 72.8 Å². The molecule has 0 bridgehead atoms. The fourth-order valence-electron chi connectivity index (χ4n) is 3.54. The molecule has 32 heavy (non-hydrogen) atoms. The number of hydrogen-bond acceptors (Lipinski definition) is 6. The lowest BCUT2D eigenvalue weighted by atomic mass is 10.1. The van der Waals surface area contributed by atoms with Gasteiger partial charge in [-0.15, -0.1) is 11.3 Å². The van der Waals surface area contributed by atoms with Crippen molar-refractivity contribution in [2.75, 3.05) is 7.05 Å². The molecule has 164 valence electrons. The average Bonchev–Trinajstić information content (AvgIpc) is 3.38. The number of aliphatic hydroxyl groups excluding tert-OH is 1. The standard InChI is InChI=1S/C26H25NO4S/c1-27-24(31-26(29)25(28)19-10-3-2-4-11-19)17-22(23-15-8-16-32-23)30-21-14-7-12-18-9-5-6-13-20(18)21/h2-16,22,24-25,27-28H,17H2,1H3/t22?,24?,25-/m1/s1. The molecule has 3 atom stereocenters. The average molecular weight is 448 g/mol. The predicted molar refractivity (Wildman–Crippen MR) is 127 cm³/mol. The van der Waals surface area contributed by atoms with E-state index in [1.54, 1.807) is 42.6 Å². The first kappa shape index (κ1) is 22.0. The van der Waals surface area contributed by atoms with Gasteiger partial charge < -0.3 is 14.6 Å². The number of benzene rings is 3. The summed E-state index contributed by atoms with van der Waals surface area (Å²) in [5.41, 5.74) is 0.495. The third kappa shape index (κ3) is 5.16. The fraction of sp³-hybridized carbons (Fsp3) is 0.192. The Hall–Kier alpha value is -3.19. The van der Waals surface area contributed by atoms with E-state index < -0.39 is 18.3 Å². The molecule has 0 aliphatic carbocycles. The van der Waals surface area contributed by atoms with Crippen molar-refractivity contribution in [1.82, 2.24) is 5.32 Å². The molecule has 0 saturated heterocycles. The minimum atomic E-state index is -1.34. The molecule has 4 aromatic rings. The van der Waals surface area contributed by atoms with Gasteiger partial charge in [0, 0.05) is 16.7 Å². The van der Waals surface area contributed by atoms with Gasteiger partial charge in [-0.3, -0.25) is 5.32 Å². The van der Waals surface area contributed by atoms with E-state index in [4.69, 9.17) is 9.47 Å². The van der Waals surface area contributed by atoms with E-state index in [2.05, 4.69) is 5.32 Å². The first-order valence-electron chi connectivity index (χ1n) is 10.4. The summed E-state index contributed by atoms with van der Waals surface area (Å²) in [6, 6.07) is 26.8. The third-order valence-electron chi connectivity index (χ3n) is 5.23. The summed E-state index contributed by atoms with van der Waals surface area (Å²) >= 11 is 1.59. The van der Waals surface area contributed by atoms with Crippen LogP contribution in [-0.4, -0.2) is 24.4 Å². The lowest BCUT2D eigenvalue weighted by Gasteiger charge is -2.25. The zero-order chi connectivity index (χ0) is 22.3. The molecule has 5 nitrogen and oxygen atoms in total. The Morgan fingerprint density at radius 1 is 0.969 bits per heavy atom. The molecule has 0 amide bonds. The topological polar surface area (TPSA) is 67.8 Å². The number of fused-ring (bicyclic) bond motifs is 1. The normalized spacial score (nSPS) is 13.9. The van der Waals surface area contributed by atoms with E-state index >= 15 is 0 Å². The summed E-state index contributed by atoms with van der Waals surface area (Å²) in [6.45, 7) is 0. The summed E-state index contributed by atoms with van der Waals surface area (Å²) in [5, 5.41) is 17.5. The summed E-state index contributed by atoms with van der Waals surface area (Å²) in [7, 11) is 1.72. The maximum absolute atomic E-state index is 12.6. The molecule has 2 N–H and O–H groups in total. The fourth-order valence-corrected chi connectivity index (χ4v) is 4.31. The van der Waals surface area contributed by atoms with Crippen molar-refractivity contribution in [3.8, 4) is 5.75 Å². The summed E-state index contributed by atoms with van der Waals surface area (Å²) < 4.78 is 12.0. The molecule has 2 unspecified atom stereocenters. The molecule has 3 aromatic carbocycles. The maximum Gasteiger partial charge on any atom is 0.341 e. The molecular formula is C26H25NO4S. The van der Waals surface area contributed by atoms with Crippen LogP contribution in [0.4, 0.5) is 0 Å². The molecule has 1 aromatic heterocycles. The van der Waals surface area contributed by atoms with Gasteiger partial charge >= 0.3 is 5.97 Å². The zero-order valence-corrected chi connectivity index (χ0v) is 18.5. The van der Waals surface area contributed by atoms with Crippen molar-refractivity contribution >= 4 is 28.1 Å². The Kier molecular flexibility index (Phi) is 7.17. The van der Waals surface area contributed by atoms with Crippen LogP contribution in [0.5, 0.6) is 5.75 Å². The van der Waals surface area contributed by atoms with E-state index in [9.17, 15) is 9.90 Å². The molecule has 0 saturated carbocycles. The highest BCUT2D eigenvalue weighted by Gasteiger charge is 2.26. The number of thiophene rings is 1.